The van der Waals surface area contributed by atoms with Gasteiger partial charge >= 0.3 is 0 Å². The van der Waals surface area contributed by atoms with E-state index in [1.165, 1.54) is 38.6 Å². The molecule has 1 nitrogen and oxygen atoms in total. The summed E-state index contributed by atoms with van der Waals surface area (Å²) in [5.74, 6) is 4.03. The highest BCUT2D eigenvalue weighted by molar-refractivity contribution is 4.92. The van der Waals surface area contributed by atoms with Gasteiger partial charge in [0.25, 0.3) is 0 Å². The second kappa shape index (κ2) is 4.86. The van der Waals surface area contributed by atoms with Crippen LogP contribution < -0.4 is 5.32 Å². The molecule has 2 aliphatic rings. The fourth-order valence-electron chi connectivity index (χ4n) is 2.64. The van der Waals surface area contributed by atoms with Gasteiger partial charge in [-0.05, 0) is 62.8 Å². The predicted octanol–water partition coefficient (Wildman–Crippen LogP) is 3.45. The lowest BCUT2D eigenvalue weighted by molar-refractivity contribution is 0.320. The van der Waals surface area contributed by atoms with E-state index >= 15 is 0 Å². The normalized spacial score (nSPS) is 25.6. The zero-order valence-electron chi connectivity index (χ0n) is 10.6. The zero-order valence-corrected chi connectivity index (χ0v) is 10.6. The Morgan fingerprint density at radius 2 is 1.60 bits per heavy atom. The molecule has 0 bridgehead atoms. The number of hydrogen-bond acceptors (Lipinski definition) is 1. The molecular formula is C14H27N. The quantitative estimate of drug-likeness (QED) is 0.677. The van der Waals surface area contributed by atoms with E-state index in [9.17, 15) is 0 Å². The highest BCUT2D eigenvalue weighted by atomic mass is 14.9. The Morgan fingerprint density at radius 1 is 1.07 bits per heavy atom. The van der Waals surface area contributed by atoms with Crippen molar-refractivity contribution in [2.24, 2.45) is 23.7 Å². The fourth-order valence-corrected chi connectivity index (χ4v) is 2.64. The smallest absolute Gasteiger partial charge is 0.00643 e. The minimum absolute atomic E-state index is 0.704. The van der Waals surface area contributed by atoms with Crippen LogP contribution in [0.4, 0.5) is 0 Å². The molecule has 0 aromatic carbocycles. The van der Waals surface area contributed by atoms with Crippen molar-refractivity contribution >= 4 is 0 Å². The van der Waals surface area contributed by atoms with Gasteiger partial charge in [-0.1, -0.05) is 20.3 Å². The van der Waals surface area contributed by atoms with E-state index in [1.807, 2.05) is 0 Å². The SMILES string of the molecule is CCC(C)C(C)NCC(C1CC1)C1CC1. The number of rotatable bonds is 7. The predicted molar refractivity (Wildman–Crippen MR) is 65.9 cm³/mol. The molecule has 0 spiro atoms. The Labute approximate surface area is 95.0 Å². The molecule has 2 atom stereocenters. The van der Waals surface area contributed by atoms with E-state index in [0.717, 1.165) is 23.7 Å². The van der Waals surface area contributed by atoms with Gasteiger partial charge < -0.3 is 5.32 Å². The fraction of sp³-hybridized carbons (Fsp3) is 1.00. The molecule has 0 aromatic heterocycles. The van der Waals surface area contributed by atoms with Crippen molar-refractivity contribution in [2.75, 3.05) is 6.54 Å². The molecular weight excluding hydrogens is 182 g/mol. The van der Waals surface area contributed by atoms with Gasteiger partial charge in [0.2, 0.25) is 0 Å². The standard InChI is InChI=1S/C14H27N/c1-4-10(2)11(3)15-9-14(12-5-6-12)13-7-8-13/h10-15H,4-9H2,1-3H3. The third kappa shape index (κ3) is 3.21. The zero-order chi connectivity index (χ0) is 10.8. The second-order valence-electron chi connectivity index (χ2n) is 5.92. The Morgan fingerprint density at radius 3 is 2.00 bits per heavy atom. The van der Waals surface area contributed by atoms with Gasteiger partial charge in [0.1, 0.15) is 0 Å². The summed E-state index contributed by atoms with van der Waals surface area (Å²) >= 11 is 0. The van der Waals surface area contributed by atoms with Gasteiger partial charge in [-0.15, -0.1) is 0 Å². The first-order chi connectivity index (χ1) is 7.22. The van der Waals surface area contributed by atoms with Crippen LogP contribution in [0.5, 0.6) is 0 Å². The molecule has 2 rings (SSSR count). The molecule has 0 amide bonds. The van der Waals surface area contributed by atoms with Crippen LogP contribution in [0.2, 0.25) is 0 Å². The highest BCUT2D eigenvalue weighted by Gasteiger charge is 2.41. The maximum absolute atomic E-state index is 3.78. The summed E-state index contributed by atoms with van der Waals surface area (Å²) in [5.41, 5.74) is 0. The minimum atomic E-state index is 0.704. The summed E-state index contributed by atoms with van der Waals surface area (Å²) in [4.78, 5) is 0. The molecule has 0 heterocycles. The summed E-state index contributed by atoms with van der Waals surface area (Å²) in [6, 6.07) is 0.704. The molecule has 1 heteroatoms. The second-order valence-corrected chi connectivity index (χ2v) is 5.92. The largest absolute Gasteiger partial charge is 0.314 e. The van der Waals surface area contributed by atoms with Crippen LogP contribution in [-0.2, 0) is 0 Å². The van der Waals surface area contributed by atoms with Crippen LogP contribution in [0, 0.1) is 23.7 Å². The van der Waals surface area contributed by atoms with Gasteiger partial charge in [-0.2, -0.15) is 0 Å². The van der Waals surface area contributed by atoms with Crippen LogP contribution in [-0.4, -0.2) is 12.6 Å². The third-order valence-corrected chi connectivity index (χ3v) is 4.63. The van der Waals surface area contributed by atoms with Crippen molar-refractivity contribution in [3.8, 4) is 0 Å². The summed E-state index contributed by atoms with van der Waals surface area (Å²) in [6.07, 6.45) is 7.36. The Hall–Kier alpha value is -0.0400. The van der Waals surface area contributed by atoms with Crippen molar-refractivity contribution in [1.29, 1.82) is 0 Å². The highest BCUT2D eigenvalue weighted by Crippen LogP contribution is 2.48. The maximum Gasteiger partial charge on any atom is 0.00643 e. The number of nitrogens with one attached hydrogen (secondary N) is 1. The maximum atomic E-state index is 3.78. The molecule has 2 aliphatic carbocycles. The molecule has 88 valence electrons. The van der Waals surface area contributed by atoms with Crippen LogP contribution in [0.15, 0.2) is 0 Å². The molecule has 0 radical (unpaired) electrons. The molecule has 2 saturated carbocycles. The van der Waals surface area contributed by atoms with Gasteiger partial charge in [0, 0.05) is 6.04 Å². The average molecular weight is 209 g/mol. The minimum Gasteiger partial charge on any atom is -0.314 e. The van der Waals surface area contributed by atoms with Gasteiger partial charge in [-0.25, -0.2) is 0 Å². The molecule has 1 N–H and O–H groups in total. The van der Waals surface area contributed by atoms with Crippen molar-refractivity contribution in [1.82, 2.24) is 5.32 Å². The van der Waals surface area contributed by atoms with Crippen LogP contribution >= 0.6 is 0 Å². The lowest BCUT2D eigenvalue weighted by Crippen LogP contribution is -2.36. The number of hydrogen-bond donors (Lipinski definition) is 1. The first kappa shape index (κ1) is 11.4. The molecule has 2 fully saturated rings. The van der Waals surface area contributed by atoms with Gasteiger partial charge in [0.05, 0.1) is 0 Å². The molecule has 15 heavy (non-hydrogen) atoms. The summed E-state index contributed by atoms with van der Waals surface area (Å²) < 4.78 is 0. The molecule has 0 aromatic rings. The van der Waals surface area contributed by atoms with Gasteiger partial charge in [-0.3, -0.25) is 0 Å². The monoisotopic (exact) mass is 209 g/mol. The van der Waals surface area contributed by atoms with Crippen molar-refractivity contribution < 1.29 is 0 Å². The Bertz CT molecular complexity index is 182. The molecule has 2 unspecified atom stereocenters. The summed E-state index contributed by atoms with van der Waals surface area (Å²) in [6.45, 7) is 8.30. The Balaban J connectivity index is 1.70. The van der Waals surface area contributed by atoms with E-state index in [1.54, 1.807) is 0 Å². The van der Waals surface area contributed by atoms with Crippen LogP contribution in [0.3, 0.4) is 0 Å². The van der Waals surface area contributed by atoms with Gasteiger partial charge in [0.15, 0.2) is 0 Å². The summed E-state index contributed by atoms with van der Waals surface area (Å²) in [7, 11) is 0. The lowest BCUT2D eigenvalue weighted by atomic mass is 9.95. The van der Waals surface area contributed by atoms with Crippen LogP contribution in [0.1, 0.15) is 52.9 Å². The topological polar surface area (TPSA) is 12.0 Å². The average Bonchev–Trinajstić information content (AvgIpc) is 3.07. The van der Waals surface area contributed by atoms with E-state index in [0.29, 0.717) is 6.04 Å². The summed E-state index contributed by atoms with van der Waals surface area (Å²) in [5, 5.41) is 3.78. The van der Waals surface area contributed by atoms with Crippen molar-refractivity contribution in [3.63, 3.8) is 0 Å². The van der Waals surface area contributed by atoms with Crippen molar-refractivity contribution in [2.45, 2.75) is 58.9 Å². The molecule has 0 saturated heterocycles. The first-order valence-electron chi connectivity index (χ1n) is 6.95. The first-order valence-corrected chi connectivity index (χ1v) is 6.95. The third-order valence-electron chi connectivity index (χ3n) is 4.63. The lowest BCUT2D eigenvalue weighted by Gasteiger charge is -2.24. The molecule has 0 aliphatic heterocycles. The van der Waals surface area contributed by atoms with Crippen molar-refractivity contribution in [3.05, 3.63) is 0 Å². The van der Waals surface area contributed by atoms with E-state index < -0.39 is 0 Å². The van der Waals surface area contributed by atoms with E-state index in [-0.39, 0.29) is 0 Å². The van der Waals surface area contributed by atoms with E-state index in [2.05, 4.69) is 26.1 Å². The van der Waals surface area contributed by atoms with E-state index in [4.69, 9.17) is 0 Å². The Kier molecular flexibility index (Phi) is 3.71. The van der Waals surface area contributed by atoms with Crippen LogP contribution in [0.25, 0.3) is 0 Å².